The van der Waals surface area contributed by atoms with E-state index in [0.29, 0.717) is 11.6 Å². The topological polar surface area (TPSA) is 47.6 Å². The molecular formula is C13H17NO3. The smallest absolute Gasteiger partial charge is 0.339 e. The zero-order valence-corrected chi connectivity index (χ0v) is 9.94. The SMILES string of the molecule is COC(=O)c1ccccc1NC1CCOCC1. The van der Waals surface area contributed by atoms with E-state index in [1.54, 1.807) is 6.07 Å². The van der Waals surface area contributed by atoms with Crippen LogP contribution in [0.15, 0.2) is 24.3 Å². The van der Waals surface area contributed by atoms with E-state index in [0.717, 1.165) is 31.7 Å². The van der Waals surface area contributed by atoms with E-state index in [9.17, 15) is 4.79 Å². The first-order valence-corrected chi connectivity index (χ1v) is 5.83. The number of carbonyl (C=O) groups excluding carboxylic acids is 1. The maximum atomic E-state index is 11.6. The highest BCUT2D eigenvalue weighted by molar-refractivity contribution is 5.95. The van der Waals surface area contributed by atoms with Crippen LogP contribution < -0.4 is 5.32 Å². The lowest BCUT2D eigenvalue weighted by atomic mass is 10.1. The van der Waals surface area contributed by atoms with Crippen molar-refractivity contribution in [3.63, 3.8) is 0 Å². The fraction of sp³-hybridized carbons (Fsp3) is 0.462. The van der Waals surface area contributed by atoms with Crippen LogP contribution in [0.25, 0.3) is 0 Å². The minimum atomic E-state index is -0.305. The Balaban J connectivity index is 2.11. The molecule has 4 nitrogen and oxygen atoms in total. The Morgan fingerprint density at radius 3 is 2.76 bits per heavy atom. The molecule has 1 aliphatic rings. The summed E-state index contributed by atoms with van der Waals surface area (Å²) in [6, 6.07) is 7.79. The maximum absolute atomic E-state index is 11.6. The highest BCUT2D eigenvalue weighted by Crippen LogP contribution is 2.20. The van der Waals surface area contributed by atoms with Crippen LogP contribution in [-0.2, 0) is 9.47 Å². The first kappa shape index (κ1) is 11.9. The van der Waals surface area contributed by atoms with Crippen LogP contribution in [0.5, 0.6) is 0 Å². The van der Waals surface area contributed by atoms with Gasteiger partial charge in [-0.05, 0) is 25.0 Å². The van der Waals surface area contributed by atoms with Crippen molar-refractivity contribution in [2.24, 2.45) is 0 Å². The fourth-order valence-corrected chi connectivity index (χ4v) is 1.96. The molecule has 2 rings (SSSR count). The van der Waals surface area contributed by atoms with Crippen molar-refractivity contribution in [1.82, 2.24) is 0 Å². The Bertz CT molecular complexity index is 386. The minimum Gasteiger partial charge on any atom is -0.465 e. The number of nitrogens with one attached hydrogen (secondary N) is 1. The van der Waals surface area contributed by atoms with Gasteiger partial charge in [-0.25, -0.2) is 4.79 Å². The zero-order valence-electron chi connectivity index (χ0n) is 9.94. The first-order chi connectivity index (χ1) is 8.31. The Hall–Kier alpha value is -1.55. The van der Waals surface area contributed by atoms with Crippen molar-refractivity contribution in [2.75, 3.05) is 25.6 Å². The molecule has 0 unspecified atom stereocenters. The van der Waals surface area contributed by atoms with Gasteiger partial charge in [0.1, 0.15) is 0 Å². The van der Waals surface area contributed by atoms with Gasteiger partial charge < -0.3 is 14.8 Å². The summed E-state index contributed by atoms with van der Waals surface area (Å²) in [5.74, 6) is -0.305. The van der Waals surface area contributed by atoms with E-state index in [1.807, 2.05) is 18.2 Å². The monoisotopic (exact) mass is 235 g/mol. The van der Waals surface area contributed by atoms with Gasteiger partial charge in [-0.1, -0.05) is 12.1 Å². The van der Waals surface area contributed by atoms with Crippen LogP contribution in [0.2, 0.25) is 0 Å². The highest BCUT2D eigenvalue weighted by Gasteiger charge is 2.17. The second-order valence-corrected chi connectivity index (χ2v) is 4.07. The molecule has 0 aromatic heterocycles. The quantitative estimate of drug-likeness (QED) is 0.815. The lowest BCUT2D eigenvalue weighted by Gasteiger charge is -2.25. The number of hydrogen-bond acceptors (Lipinski definition) is 4. The van der Waals surface area contributed by atoms with Crippen LogP contribution in [0.4, 0.5) is 5.69 Å². The number of hydrogen-bond donors (Lipinski definition) is 1. The molecule has 17 heavy (non-hydrogen) atoms. The second kappa shape index (κ2) is 5.68. The summed E-state index contributed by atoms with van der Waals surface area (Å²) in [6.45, 7) is 1.55. The van der Waals surface area contributed by atoms with Crippen LogP contribution >= 0.6 is 0 Å². The molecule has 0 bridgehead atoms. The first-order valence-electron chi connectivity index (χ1n) is 5.83. The molecule has 0 spiro atoms. The average molecular weight is 235 g/mol. The van der Waals surface area contributed by atoms with Crippen LogP contribution in [0.3, 0.4) is 0 Å². The summed E-state index contributed by atoms with van der Waals surface area (Å²) in [7, 11) is 1.40. The molecular weight excluding hydrogens is 218 g/mol. The molecule has 0 amide bonds. The molecule has 92 valence electrons. The average Bonchev–Trinajstić information content (AvgIpc) is 2.40. The number of anilines is 1. The van der Waals surface area contributed by atoms with Crippen molar-refractivity contribution in [3.8, 4) is 0 Å². The van der Waals surface area contributed by atoms with Gasteiger partial charge in [0.25, 0.3) is 0 Å². The third kappa shape index (κ3) is 2.97. The molecule has 4 heteroatoms. The standard InChI is InChI=1S/C13H17NO3/c1-16-13(15)11-4-2-3-5-12(11)14-10-6-8-17-9-7-10/h2-5,10,14H,6-9H2,1H3. The molecule has 0 atom stereocenters. The molecule has 0 saturated carbocycles. The van der Waals surface area contributed by atoms with Gasteiger partial charge in [-0.3, -0.25) is 0 Å². The van der Waals surface area contributed by atoms with Crippen molar-refractivity contribution >= 4 is 11.7 Å². The van der Waals surface area contributed by atoms with Gasteiger partial charge in [-0.2, -0.15) is 0 Å². The number of methoxy groups -OCH3 is 1. The number of ether oxygens (including phenoxy) is 2. The third-order valence-electron chi connectivity index (χ3n) is 2.91. The molecule has 1 N–H and O–H groups in total. The van der Waals surface area contributed by atoms with Crippen LogP contribution in [-0.4, -0.2) is 32.3 Å². The summed E-state index contributed by atoms with van der Waals surface area (Å²) in [4.78, 5) is 11.6. The molecule has 1 aliphatic heterocycles. The predicted molar refractivity (Wildman–Crippen MR) is 65.2 cm³/mol. The largest absolute Gasteiger partial charge is 0.465 e. The Morgan fingerprint density at radius 1 is 1.35 bits per heavy atom. The van der Waals surface area contributed by atoms with Gasteiger partial charge in [0.05, 0.1) is 12.7 Å². The summed E-state index contributed by atoms with van der Waals surface area (Å²) >= 11 is 0. The fourth-order valence-electron chi connectivity index (χ4n) is 1.96. The van der Waals surface area contributed by atoms with Gasteiger partial charge in [0.15, 0.2) is 0 Å². The molecule has 1 fully saturated rings. The molecule has 1 saturated heterocycles. The molecule has 1 aromatic rings. The van der Waals surface area contributed by atoms with E-state index in [4.69, 9.17) is 9.47 Å². The van der Waals surface area contributed by atoms with Gasteiger partial charge in [0, 0.05) is 24.9 Å². The van der Waals surface area contributed by atoms with Gasteiger partial charge in [-0.15, -0.1) is 0 Å². The van der Waals surface area contributed by atoms with Crippen molar-refractivity contribution in [3.05, 3.63) is 29.8 Å². The lowest BCUT2D eigenvalue weighted by molar-refractivity contribution is 0.0601. The lowest BCUT2D eigenvalue weighted by Crippen LogP contribution is -2.28. The van der Waals surface area contributed by atoms with Gasteiger partial charge >= 0.3 is 5.97 Å². The van der Waals surface area contributed by atoms with Crippen molar-refractivity contribution in [2.45, 2.75) is 18.9 Å². The number of para-hydroxylation sites is 1. The predicted octanol–water partition coefficient (Wildman–Crippen LogP) is 2.06. The summed E-state index contributed by atoms with van der Waals surface area (Å²) in [5, 5.41) is 3.38. The third-order valence-corrected chi connectivity index (χ3v) is 2.91. The number of esters is 1. The van der Waals surface area contributed by atoms with Crippen LogP contribution in [0.1, 0.15) is 23.2 Å². The Labute approximate surface area is 101 Å². The van der Waals surface area contributed by atoms with Crippen molar-refractivity contribution < 1.29 is 14.3 Å². The normalized spacial score (nSPS) is 16.5. The van der Waals surface area contributed by atoms with Crippen LogP contribution in [0, 0.1) is 0 Å². The molecule has 1 heterocycles. The van der Waals surface area contributed by atoms with E-state index in [1.165, 1.54) is 7.11 Å². The molecule has 0 radical (unpaired) electrons. The number of rotatable bonds is 3. The number of carbonyl (C=O) groups is 1. The summed E-state index contributed by atoms with van der Waals surface area (Å²) < 4.78 is 10.1. The Kier molecular flexibility index (Phi) is 3.98. The molecule has 0 aliphatic carbocycles. The van der Waals surface area contributed by atoms with Gasteiger partial charge in [0.2, 0.25) is 0 Å². The molecule has 1 aromatic carbocycles. The van der Waals surface area contributed by atoms with E-state index in [-0.39, 0.29) is 5.97 Å². The second-order valence-electron chi connectivity index (χ2n) is 4.07. The summed E-state index contributed by atoms with van der Waals surface area (Å²) in [6.07, 6.45) is 1.94. The zero-order chi connectivity index (χ0) is 12.1. The minimum absolute atomic E-state index is 0.305. The van der Waals surface area contributed by atoms with Crippen molar-refractivity contribution in [1.29, 1.82) is 0 Å². The number of benzene rings is 1. The van der Waals surface area contributed by atoms with E-state index < -0.39 is 0 Å². The summed E-state index contributed by atoms with van der Waals surface area (Å²) in [5.41, 5.74) is 1.42. The Morgan fingerprint density at radius 2 is 2.06 bits per heavy atom. The highest BCUT2D eigenvalue weighted by atomic mass is 16.5. The van der Waals surface area contributed by atoms with E-state index >= 15 is 0 Å². The van der Waals surface area contributed by atoms with E-state index in [2.05, 4.69) is 5.32 Å². The maximum Gasteiger partial charge on any atom is 0.339 e.